The largest absolute Gasteiger partial charge is 0.362 e. The lowest BCUT2D eigenvalue weighted by Gasteiger charge is -2.11. The third-order valence-electron chi connectivity index (χ3n) is 3.32. The highest BCUT2D eigenvalue weighted by molar-refractivity contribution is 7.80. The predicted molar refractivity (Wildman–Crippen MR) is 97.6 cm³/mol. The SMILES string of the molecule is CCc1ccc(NC(=S)NCCCCNC(=O)CCC=O)cc1. The molecule has 6 heteroatoms. The van der Waals surface area contributed by atoms with Crippen LogP contribution in [0.2, 0.25) is 0 Å². The van der Waals surface area contributed by atoms with Gasteiger partial charge in [0.1, 0.15) is 6.29 Å². The highest BCUT2D eigenvalue weighted by Crippen LogP contribution is 2.09. The molecule has 5 nitrogen and oxygen atoms in total. The van der Waals surface area contributed by atoms with Crippen molar-refractivity contribution in [2.45, 2.75) is 39.0 Å². The molecule has 0 aliphatic heterocycles. The highest BCUT2D eigenvalue weighted by Gasteiger charge is 2.00. The van der Waals surface area contributed by atoms with Crippen molar-refractivity contribution in [3.05, 3.63) is 29.8 Å². The number of carbonyl (C=O) groups is 2. The van der Waals surface area contributed by atoms with Crippen molar-refractivity contribution in [2.75, 3.05) is 18.4 Å². The molecule has 23 heavy (non-hydrogen) atoms. The first-order valence-corrected chi connectivity index (χ1v) is 8.40. The molecule has 1 amide bonds. The Bertz CT molecular complexity index is 503. The van der Waals surface area contributed by atoms with Crippen LogP contribution in [0.15, 0.2) is 24.3 Å². The van der Waals surface area contributed by atoms with Crippen LogP contribution in [0.3, 0.4) is 0 Å². The van der Waals surface area contributed by atoms with Gasteiger partial charge in [-0.15, -0.1) is 0 Å². The highest BCUT2D eigenvalue weighted by atomic mass is 32.1. The molecule has 0 saturated carbocycles. The molecular weight excluding hydrogens is 310 g/mol. The van der Waals surface area contributed by atoms with Gasteiger partial charge in [-0.1, -0.05) is 19.1 Å². The van der Waals surface area contributed by atoms with Crippen LogP contribution < -0.4 is 16.0 Å². The Morgan fingerprint density at radius 1 is 1.13 bits per heavy atom. The monoisotopic (exact) mass is 335 g/mol. The van der Waals surface area contributed by atoms with Crippen molar-refractivity contribution >= 4 is 35.2 Å². The summed E-state index contributed by atoms with van der Waals surface area (Å²) in [5, 5.41) is 9.67. The van der Waals surface area contributed by atoms with Gasteiger partial charge in [-0.25, -0.2) is 0 Å². The van der Waals surface area contributed by atoms with Crippen molar-refractivity contribution < 1.29 is 9.59 Å². The maximum atomic E-state index is 11.3. The first-order chi connectivity index (χ1) is 11.2. The maximum Gasteiger partial charge on any atom is 0.220 e. The number of aryl methyl sites for hydroxylation is 1. The fourth-order valence-corrected chi connectivity index (χ4v) is 2.18. The van der Waals surface area contributed by atoms with Crippen LogP contribution in [-0.2, 0) is 16.0 Å². The van der Waals surface area contributed by atoms with Gasteiger partial charge in [0.15, 0.2) is 5.11 Å². The molecule has 0 bridgehead atoms. The van der Waals surface area contributed by atoms with Gasteiger partial charge in [0.05, 0.1) is 0 Å². The Hall–Kier alpha value is -1.95. The maximum absolute atomic E-state index is 11.3. The van der Waals surface area contributed by atoms with Crippen molar-refractivity contribution in [2.24, 2.45) is 0 Å². The second-order valence-corrected chi connectivity index (χ2v) is 5.60. The number of anilines is 1. The molecule has 0 aliphatic rings. The third-order valence-corrected chi connectivity index (χ3v) is 3.57. The molecule has 0 heterocycles. The Morgan fingerprint density at radius 3 is 2.39 bits per heavy atom. The van der Waals surface area contributed by atoms with E-state index >= 15 is 0 Å². The van der Waals surface area contributed by atoms with Gasteiger partial charge in [-0.3, -0.25) is 4.79 Å². The standard InChI is InChI=1S/C17H25N3O2S/c1-2-14-7-9-15(10-8-14)20-17(23)19-12-4-3-11-18-16(22)6-5-13-21/h7-10,13H,2-6,11-12H2,1H3,(H,18,22)(H2,19,20,23). The number of hydrogen-bond acceptors (Lipinski definition) is 3. The van der Waals surface area contributed by atoms with E-state index in [4.69, 9.17) is 12.2 Å². The smallest absolute Gasteiger partial charge is 0.220 e. The number of amides is 1. The molecule has 126 valence electrons. The molecule has 0 unspecified atom stereocenters. The minimum Gasteiger partial charge on any atom is -0.362 e. The van der Waals surface area contributed by atoms with Crippen molar-refractivity contribution in [1.82, 2.24) is 10.6 Å². The molecule has 3 N–H and O–H groups in total. The van der Waals surface area contributed by atoms with E-state index < -0.39 is 0 Å². The summed E-state index contributed by atoms with van der Waals surface area (Å²) in [7, 11) is 0. The molecule has 0 aromatic heterocycles. The van der Waals surface area contributed by atoms with Gasteiger partial charge in [0.2, 0.25) is 5.91 Å². The lowest BCUT2D eigenvalue weighted by molar-refractivity contribution is -0.122. The number of thiocarbonyl (C=S) groups is 1. The summed E-state index contributed by atoms with van der Waals surface area (Å²) >= 11 is 5.24. The summed E-state index contributed by atoms with van der Waals surface area (Å²) in [4.78, 5) is 21.4. The van der Waals surface area contributed by atoms with Crippen molar-refractivity contribution in [3.63, 3.8) is 0 Å². The van der Waals surface area contributed by atoms with E-state index in [0.29, 0.717) is 11.7 Å². The zero-order chi connectivity index (χ0) is 16.9. The minimum absolute atomic E-state index is 0.0715. The van der Waals surface area contributed by atoms with E-state index in [2.05, 4.69) is 35.0 Å². The molecule has 0 fully saturated rings. The number of carbonyl (C=O) groups excluding carboxylic acids is 2. The molecule has 0 aliphatic carbocycles. The summed E-state index contributed by atoms with van der Waals surface area (Å²) in [6.07, 6.45) is 4.11. The second-order valence-electron chi connectivity index (χ2n) is 5.19. The van der Waals surface area contributed by atoms with Gasteiger partial charge >= 0.3 is 0 Å². The average molecular weight is 335 g/mol. The molecule has 1 aromatic carbocycles. The van der Waals surface area contributed by atoms with E-state index in [9.17, 15) is 9.59 Å². The van der Waals surface area contributed by atoms with Gasteiger partial charge in [-0.05, 0) is 49.2 Å². The summed E-state index contributed by atoms with van der Waals surface area (Å²) in [6, 6.07) is 8.19. The Morgan fingerprint density at radius 2 is 1.78 bits per heavy atom. The molecular formula is C17H25N3O2S. The zero-order valence-electron chi connectivity index (χ0n) is 13.6. The molecule has 0 saturated heterocycles. The van der Waals surface area contributed by atoms with Crippen molar-refractivity contribution in [3.8, 4) is 0 Å². The van der Waals surface area contributed by atoms with Crippen LogP contribution in [0.5, 0.6) is 0 Å². The fourth-order valence-electron chi connectivity index (χ4n) is 1.96. The van der Waals surface area contributed by atoms with Crippen LogP contribution in [0.4, 0.5) is 5.69 Å². The zero-order valence-corrected chi connectivity index (χ0v) is 14.4. The molecule has 0 radical (unpaired) electrons. The summed E-state index contributed by atoms with van der Waals surface area (Å²) in [5.41, 5.74) is 2.27. The Labute approximate surface area is 143 Å². The lowest BCUT2D eigenvalue weighted by Crippen LogP contribution is -2.30. The first-order valence-electron chi connectivity index (χ1n) is 7.99. The summed E-state index contributed by atoms with van der Waals surface area (Å²) in [5.74, 6) is -0.0715. The van der Waals surface area contributed by atoms with E-state index in [0.717, 1.165) is 37.8 Å². The molecule has 1 rings (SSSR count). The van der Waals surface area contributed by atoms with Crippen LogP contribution in [0.1, 0.15) is 38.2 Å². The third kappa shape index (κ3) is 8.93. The average Bonchev–Trinajstić information content (AvgIpc) is 2.56. The Balaban J connectivity index is 2.07. The molecule has 1 aromatic rings. The topological polar surface area (TPSA) is 70.2 Å². The second kappa shape index (κ2) is 11.6. The van der Waals surface area contributed by atoms with Gasteiger partial charge in [0.25, 0.3) is 0 Å². The van der Waals surface area contributed by atoms with E-state index in [1.54, 1.807) is 0 Å². The van der Waals surface area contributed by atoms with E-state index in [1.165, 1.54) is 5.56 Å². The predicted octanol–water partition coefficient (Wildman–Crippen LogP) is 2.41. The van der Waals surface area contributed by atoms with Crippen LogP contribution in [0, 0.1) is 0 Å². The number of hydrogen-bond donors (Lipinski definition) is 3. The summed E-state index contributed by atoms with van der Waals surface area (Å²) < 4.78 is 0. The summed E-state index contributed by atoms with van der Waals surface area (Å²) in [6.45, 7) is 3.50. The number of rotatable bonds is 10. The lowest BCUT2D eigenvalue weighted by atomic mass is 10.1. The molecule has 0 atom stereocenters. The normalized spacial score (nSPS) is 9.96. The van der Waals surface area contributed by atoms with Crippen LogP contribution >= 0.6 is 12.2 Å². The molecule has 0 spiro atoms. The Kier molecular flexibility index (Phi) is 9.63. The number of aldehydes is 1. The number of benzene rings is 1. The van der Waals surface area contributed by atoms with E-state index in [1.807, 2.05) is 12.1 Å². The van der Waals surface area contributed by atoms with Gasteiger partial charge < -0.3 is 20.7 Å². The van der Waals surface area contributed by atoms with Crippen LogP contribution in [0.25, 0.3) is 0 Å². The first kappa shape index (κ1) is 19.1. The van der Waals surface area contributed by atoms with E-state index in [-0.39, 0.29) is 18.7 Å². The fraction of sp³-hybridized carbons (Fsp3) is 0.471. The number of nitrogens with one attached hydrogen (secondary N) is 3. The quantitative estimate of drug-likeness (QED) is 0.348. The van der Waals surface area contributed by atoms with Crippen molar-refractivity contribution in [1.29, 1.82) is 0 Å². The number of unbranched alkanes of at least 4 members (excludes halogenated alkanes) is 1. The van der Waals surface area contributed by atoms with Gasteiger partial charge in [0, 0.05) is 31.6 Å². The van der Waals surface area contributed by atoms with Gasteiger partial charge in [-0.2, -0.15) is 0 Å². The van der Waals surface area contributed by atoms with Crippen LogP contribution in [-0.4, -0.2) is 30.4 Å². The minimum atomic E-state index is -0.0715.